The van der Waals surface area contributed by atoms with Gasteiger partial charge in [-0.3, -0.25) is 4.79 Å². The first-order valence-electron chi connectivity index (χ1n) is 7.28. The summed E-state index contributed by atoms with van der Waals surface area (Å²) in [7, 11) is 6.23. The number of rotatable bonds is 7. The van der Waals surface area contributed by atoms with E-state index in [1.807, 2.05) is 6.07 Å². The molecular formula is C19H20O5. The lowest BCUT2D eigenvalue weighted by Crippen LogP contribution is -1.97. The van der Waals surface area contributed by atoms with Crippen LogP contribution in [0.5, 0.6) is 23.0 Å². The fourth-order valence-corrected chi connectivity index (χ4v) is 2.17. The van der Waals surface area contributed by atoms with Gasteiger partial charge in [-0.1, -0.05) is 12.1 Å². The SMILES string of the molecule is COc1cc(OC)cc(C(=O)/C=C/c2ccc(OC)c(OC)c2)c1. The van der Waals surface area contributed by atoms with E-state index in [1.54, 1.807) is 64.8 Å². The quantitative estimate of drug-likeness (QED) is 0.574. The molecule has 2 rings (SSSR count). The van der Waals surface area contributed by atoms with Crippen LogP contribution in [0.4, 0.5) is 0 Å². The van der Waals surface area contributed by atoms with Crippen LogP contribution in [0.1, 0.15) is 15.9 Å². The van der Waals surface area contributed by atoms with Crippen molar-refractivity contribution in [3.8, 4) is 23.0 Å². The van der Waals surface area contributed by atoms with Crippen LogP contribution < -0.4 is 18.9 Å². The standard InChI is InChI=1S/C19H20O5/c1-21-15-10-14(11-16(12-15)22-2)17(20)7-5-13-6-8-18(23-3)19(9-13)24-4/h5-12H,1-4H3/b7-5+. The van der Waals surface area contributed by atoms with Crippen LogP contribution in [0.3, 0.4) is 0 Å². The number of hydrogen-bond acceptors (Lipinski definition) is 5. The molecule has 2 aromatic rings. The van der Waals surface area contributed by atoms with Gasteiger partial charge in [-0.05, 0) is 35.9 Å². The number of hydrogen-bond donors (Lipinski definition) is 0. The van der Waals surface area contributed by atoms with Crippen LogP contribution in [0, 0.1) is 0 Å². The van der Waals surface area contributed by atoms with Gasteiger partial charge in [0.25, 0.3) is 0 Å². The van der Waals surface area contributed by atoms with Crippen LogP contribution >= 0.6 is 0 Å². The summed E-state index contributed by atoms with van der Waals surface area (Å²) < 4.78 is 20.8. The van der Waals surface area contributed by atoms with Crippen LogP contribution in [0.2, 0.25) is 0 Å². The van der Waals surface area contributed by atoms with E-state index in [9.17, 15) is 4.79 Å². The average Bonchev–Trinajstić information content (AvgIpc) is 2.65. The molecule has 0 unspecified atom stereocenters. The lowest BCUT2D eigenvalue weighted by molar-refractivity contribution is 0.104. The highest BCUT2D eigenvalue weighted by atomic mass is 16.5. The highest BCUT2D eigenvalue weighted by Gasteiger charge is 2.08. The monoisotopic (exact) mass is 328 g/mol. The number of ether oxygens (including phenoxy) is 4. The van der Waals surface area contributed by atoms with E-state index in [2.05, 4.69) is 0 Å². The molecular weight excluding hydrogens is 308 g/mol. The van der Waals surface area contributed by atoms with Crippen molar-refractivity contribution in [1.82, 2.24) is 0 Å². The maximum absolute atomic E-state index is 12.4. The molecule has 0 aromatic heterocycles. The summed E-state index contributed by atoms with van der Waals surface area (Å²) in [5.41, 5.74) is 1.32. The Balaban J connectivity index is 2.24. The lowest BCUT2D eigenvalue weighted by atomic mass is 10.1. The number of methoxy groups -OCH3 is 4. The molecule has 0 bridgehead atoms. The molecule has 0 spiro atoms. The Hall–Kier alpha value is -2.95. The molecule has 0 radical (unpaired) electrons. The van der Waals surface area contributed by atoms with Gasteiger partial charge in [0, 0.05) is 11.6 Å². The third kappa shape index (κ3) is 4.07. The molecule has 0 heterocycles. The molecule has 0 aliphatic rings. The molecule has 5 nitrogen and oxygen atoms in total. The molecule has 0 saturated carbocycles. The summed E-state index contributed by atoms with van der Waals surface area (Å²) in [6.45, 7) is 0. The zero-order chi connectivity index (χ0) is 17.5. The molecule has 0 saturated heterocycles. The predicted octanol–water partition coefficient (Wildman–Crippen LogP) is 3.62. The Morgan fingerprint density at radius 1 is 0.792 bits per heavy atom. The molecule has 5 heteroatoms. The van der Waals surface area contributed by atoms with E-state index < -0.39 is 0 Å². The van der Waals surface area contributed by atoms with Gasteiger partial charge in [-0.15, -0.1) is 0 Å². The first kappa shape index (κ1) is 17.4. The molecule has 0 aliphatic heterocycles. The van der Waals surface area contributed by atoms with Crippen LogP contribution in [0.25, 0.3) is 6.08 Å². The van der Waals surface area contributed by atoms with E-state index in [1.165, 1.54) is 6.08 Å². The Kier molecular flexibility index (Phi) is 5.84. The smallest absolute Gasteiger partial charge is 0.186 e. The minimum Gasteiger partial charge on any atom is -0.497 e. The van der Waals surface area contributed by atoms with Crippen molar-refractivity contribution < 1.29 is 23.7 Å². The maximum Gasteiger partial charge on any atom is 0.186 e. The van der Waals surface area contributed by atoms with Gasteiger partial charge in [-0.25, -0.2) is 0 Å². The zero-order valence-electron chi connectivity index (χ0n) is 14.2. The van der Waals surface area contributed by atoms with Gasteiger partial charge in [-0.2, -0.15) is 0 Å². The van der Waals surface area contributed by atoms with Gasteiger partial charge in [0.05, 0.1) is 28.4 Å². The van der Waals surface area contributed by atoms with Crippen molar-refractivity contribution in [2.45, 2.75) is 0 Å². The first-order valence-corrected chi connectivity index (χ1v) is 7.28. The normalized spacial score (nSPS) is 10.5. The largest absolute Gasteiger partial charge is 0.497 e. The summed E-state index contributed by atoms with van der Waals surface area (Å²) in [5, 5.41) is 0. The van der Waals surface area contributed by atoms with Gasteiger partial charge in [0.2, 0.25) is 0 Å². The second kappa shape index (κ2) is 8.06. The van der Waals surface area contributed by atoms with Crippen molar-refractivity contribution in [3.05, 3.63) is 53.6 Å². The van der Waals surface area contributed by atoms with E-state index >= 15 is 0 Å². The van der Waals surface area contributed by atoms with E-state index in [4.69, 9.17) is 18.9 Å². The number of carbonyl (C=O) groups is 1. The Morgan fingerprint density at radius 3 is 1.96 bits per heavy atom. The summed E-state index contributed by atoms with van der Waals surface area (Å²) in [6.07, 6.45) is 3.21. The summed E-state index contributed by atoms with van der Waals surface area (Å²) in [4.78, 5) is 12.4. The van der Waals surface area contributed by atoms with Crippen molar-refractivity contribution in [1.29, 1.82) is 0 Å². The summed E-state index contributed by atoms with van der Waals surface area (Å²) >= 11 is 0. The van der Waals surface area contributed by atoms with Gasteiger partial charge >= 0.3 is 0 Å². The first-order chi connectivity index (χ1) is 11.6. The predicted molar refractivity (Wildman–Crippen MR) is 92.5 cm³/mol. The number of allylic oxidation sites excluding steroid dienone is 1. The second-order valence-corrected chi connectivity index (χ2v) is 4.91. The topological polar surface area (TPSA) is 54.0 Å². The molecule has 0 fully saturated rings. The minimum absolute atomic E-state index is 0.151. The molecule has 24 heavy (non-hydrogen) atoms. The van der Waals surface area contributed by atoms with E-state index in [0.29, 0.717) is 28.6 Å². The molecule has 0 atom stereocenters. The van der Waals surface area contributed by atoms with Crippen LogP contribution in [0.15, 0.2) is 42.5 Å². The molecule has 2 aromatic carbocycles. The molecule has 126 valence electrons. The van der Waals surface area contributed by atoms with Gasteiger partial charge in [0.1, 0.15) is 11.5 Å². The van der Waals surface area contributed by atoms with Crippen molar-refractivity contribution in [2.24, 2.45) is 0 Å². The number of carbonyl (C=O) groups excluding carboxylic acids is 1. The number of ketones is 1. The van der Waals surface area contributed by atoms with Crippen molar-refractivity contribution >= 4 is 11.9 Å². The fourth-order valence-electron chi connectivity index (χ4n) is 2.17. The van der Waals surface area contributed by atoms with Gasteiger partial charge < -0.3 is 18.9 Å². The second-order valence-electron chi connectivity index (χ2n) is 4.91. The van der Waals surface area contributed by atoms with Crippen LogP contribution in [-0.2, 0) is 0 Å². The number of benzene rings is 2. The lowest BCUT2D eigenvalue weighted by Gasteiger charge is -2.08. The molecule has 0 N–H and O–H groups in total. The highest BCUT2D eigenvalue weighted by Crippen LogP contribution is 2.28. The summed E-state index contributed by atoms with van der Waals surface area (Å²) in [6, 6.07) is 10.5. The third-order valence-corrected chi connectivity index (χ3v) is 3.47. The minimum atomic E-state index is -0.151. The molecule has 0 aliphatic carbocycles. The van der Waals surface area contributed by atoms with E-state index in [0.717, 1.165) is 5.56 Å². The highest BCUT2D eigenvalue weighted by molar-refractivity contribution is 6.07. The Morgan fingerprint density at radius 2 is 1.42 bits per heavy atom. The molecule has 0 amide bonds. The maximum atomic E-state index is 12.4. The average molecular weight is 328 g/mol. The van der Waals surface area contributed by atoms with Gasteiger partial charge in [0.15, 0.2) is 17.3 Å². The summed E-state index contributed by atoms with van der Waals surface area (Å²) in [5.74, 6) is 2.23. The zero-order valence-corrected chi connectivity index (χ0v) is 14.2. The van der Waals surface area contributed by atoms with Crippen molar-refractivity contribution in [3.63, 3.8) is 0 Å². The fraction of sp³-hybridized carbons (Fsp3) is 0.211. The third-order valence-electron chi connectivity index (χ3n) is 3.47. The van der Waals surface area contributed by atoms with E-state index in [-0.39, 0.29) is 5.78 Å². The Bertz CT molecular complexity index is 727. The van der Waals surface area contributed by atoms with Crippen LogP contribution in [-0.4, -0.2) is 34.2 Å². The van der Waals surface area contributed by atoms with Crippen molar-refractivity contribution in [2.75, 3.05) is 28.4 Å². The Labute approximate surface area is 141 Å².